The summed E-state index contributed by atoms with van der Waals surface area (Å²) in [5.74, 6) is 2.12. The molecule has 1 aliphatic rings. The molecule has 144 valence electrons. The number of carbonyl (C=O) groups is 1. The molecule has 1 aromatic carbocycles. The summed E-state index contributed by atoms with van der Waals surface area (Å²) in [7, 11) is 0. The second-order valence-electron chi connectivity index (χ2n) is 7.79. The number of hydrogen-bond donors (Lipinski definition) is 0. The summed E-state index contributed by atoms with van der Waals surface area (Å²) in [6.07, 6.45) is 0.828. The van der Waals surface area contributed by atoms with Gasteiger partial charge in [-0.25, -0.2) is 9.97 Å². The third-order valence-electron chi connectivity index (χ3n) is 5.15. The first-order chi connectivity index (χ1) is 12.8. The minimum atomic E-state index is 0.0528. The molecule has 1 aromatic heterocycles. The monoisotopic (exact) mass is 366 g/mol. The topological polar surface area (TPSA) is 49.3 Å². The van der Waals surface area contributed by atoms with Crippen molar-refractivity contribution in [1.82, 2.24) is 14.9 Å². The Labute approximate surface area is 162 Å². The SMILES string of the molecule is Cc1cccc(Cc2c(C)nc(C)nc2N2CCN(C(=O)C(C)C)CC2)c1. The van der Waals surface area contributed by atoms with E-state index < -0.39 is 0 Å². The zero-order valence-corrected chi connectivity index (χ0v) is 17.1. The van der Waals surface area contributed by atoms with E-state index in [4.69, 9.17) is 4.98 Å². The van der Waals surface area contributed by atoms with Crippen LogP contribution in [0.15, 0.2) is 24.3 Å². The Kier molecular flexibility index (Phi) is 5.78. The Morgan fingerprint density at radius 1 is 1.07 bits per heavy atom. The van der Waals surface area contributed by atoms with E-state index in [1.807, 2.05) is 25.7 Å². The summed E-state index contributed by atoms with van der Waals surface area (Å²) in [5, 5.41) is 0. The van der Waals surface area contributed by atoms with E-state index in [9.17, 15) is 4.79 Å². The molecule has 0 N–H and O–H groups in total. The number of rotatable bonds is 4. The van der Waals surface area contributed by atoms with E-state index in [1.54, 1.807) is 0 Å². The second-order valence-corrected chi connectivity index (χ2v) is 7.79. The van der Waals surface area contributed by atoms with Crippen LogP contribution in [0, 0.1) is 26.7 Å². The van der Waals surface area contributed by atoms with E-state index in [0.29, 0.717) is 0 Å². The van der Waals surface area contributed by atoms with E-state index in [0.717, 1.165) is 49.9 Å². The van der Waals surface area contributed by atoms with Crippen molar-refractivity contribution in [3.63, 3.8) is 0 Å². The van der Waals surface area contributed by atoms with Gasteiger partial charge in [0, 0.05) is 49.8 Å². The van der Waals surface area contributed by atoms with Crippen molar-refractivity contribution in [2.24, 2.45) is 5.92 Å². The molecule has 0 radical (unpaired) electrons. The van der Waals surface area contributed by atoms with Gasteiger partial charge in [0.05, 0.1) is 0 Å². The molecule has 2 aromatic rings. The summed E-state index contributed by atoms with van der Waals surface area (Å²) in [6, 6.07) is 8.61. The van der Waals surface area contributed by atoms with Crippen molar-refractivity contribution in [1.29, 1.82) is 0 Å². The predicted molar refractivity (Wildman–Crippen MR) is 109 cm³/mol. The second kappa shape index (κ2) is 8.07. The van der Waals surface area contributed by atoms with Gasteiger partial charge in [0.15, 0.2) is 0 Å². The van der Waals surface area contributed by atoms with Crippen LogP contribution < -0.4 is 4.90 Å². The van der Waals surface area contributed by atoms with Crippen LogP contribution in [0.3, 0.4) is 0 Å². The van der Waals surface area contributed by atoms with E-state index >= 15 is 0 Å². The van der Waals surface area contributed by atoms with Crippen LogP contribution >= 0.6 is 0 Å². The number of aryl methyl sites for hydroxylation is 3. The Balaban J connectivity index is 1.84. The Bertz CT molecular complexity index is 823. The standard InChI is InChI=1S/C22H30N4O/c1-15(2)22(27)26-11-9-25(10-12-26)21-20(17(4)23-18(5)24-21)14-19-8-6-7-16(3)13-19/h6-8,13,15H,9-12,14H2,1-5H3. The van der Waals surface area contributed by atoms with Crippen molar-refractivity contribution in [3.8, 4) is 0 Å². The maximum Gasteiger partial charge on any atom is 0.225 e. The molecular formula is C22H30N4O. The van der Waals surface area contributed by atoms with Gasteiger partial charge in [-0.05, 0) is 26.3 Å². The van der Waals surface area contributed by atoms with Crippen LogP contribution in [-0.2, 0) is 11.2 Å². The summed E-state index contributed by atoms with van der Waals surface area (Å²) < 4.78 is 0. The van der Waals surface area contributed by atoms with Crippen LogP contribution in [0.25, 0.3) is 0 Å². The van der Waals surface area contributed by atoms with Gasteiger partial charge in [-0.15, -0.1) is 0 Å². The number of carbonyl (C=O) groups excluding carboxylic acids is 1. The summed E-state index contributed by atoms with van der Waals surface area (Å²) >= 11 is 0. The normalized spacial score (nSPS) is 14.7. The zero-order valence-electron chi connectivity index (χ0n) is 17.1. The smallest absolute Gasteiger partial charge is 0.225 e. The van der Waals surface area contributed by atoms with Gasteiger partial charge in [0.1, 0.15) is 11.6 Å². The molecule has 5 nitrogen and oxygen atoms in total. The number of piperazine rings is 1. The number of nitrogens with zero attached hydrogens (tertiary/aromatic N) is 4. The third kappa shape index (κ3) is 4.46. The molecule has 3 rings (SSSR count). The molecule has 1 amide bonds. The predicted octanol–water partition coefficient (Wildman–Crippen LogP) is 3.30. The average Bonchev–Trinajstić information content (AvgIpc) is 2.63. The first-order valence-corrected chi connectivity index (χ1v) is 9.78. The van der Waals surface area contributed by atoms with Gasteiger partial charge in [0.2, 0.25) is 5.91 Å². The van der Waals surface area contributed by atoms with E-state index in [2.05, 4.69) is 48.0 Å². The van der Waals surface area contributed by atoms with Gasteiger partial charge in [-0.2, -0.15) is 0 Å². The fourth-order valence-electron chi connectivity index (χ4n) is 3.72. The van der Waals surface area contributed by atoms with E-state index in [-0.39, 0.29) is 11.8 Å². The first-order valence-electron chi connectivity index (χ1n) is 9.78. The van der Waals surface area contributed by atoms with Crippen LogP contribution in [0.2, 0.25) is 0 Å². The highest BCUT2D eigenvalue weighted by molar-refractivity contribution is 5.78. The molecule has 27 heavy (non-hydrogen) atoms. The fourth-order valence-corrected chi connectivity index (χ4v) is 3.72. The van der Waals surface area contributed by atoms with E-state index in [1.165, 1.54) is 16.7 Å². The highest BCUT2D eigenvalue weighted by Crippen LogP contribution is 2.25. The van der Waals surface area contributed by atoms with Crippen molar-refractivity contribution in [2.45, 2.75) is 41.0 Å². The molecule has 1 aliphatic heterocycles. The lowest BCUT2D eigenvalue weighted by Crippen LogP contribution is -2.50. The van der Waals surface area contributed by atoms with Crippen LogP contribution in [-0.4, -0.2) is 47.0 Å². The Morgan fingerprint density at radius 2 is 1.78 bits per heavy atom. The molecule has 0 spiro atoms. The molecule has 0 saturated carbocycles. The number of hydrogen-bond acceptors (Lipinski definition) is 4. The van der Waals surface area contributed by atoms with Gasteiger partial charge < -0.3 is 9.80 Å². The van der Waals surface area contributed by atoms with Gasteiger partial charge in [0.25, 0.3) is 0 Å². The fraction of sp³-hybridized carbons (Fsp3) is 0.500. The number of benzene rings is 1. The molecule has 2 heterocycles. The summed E-state index contributed by atoms with van der Waals surface area (Å²) in [4.78, 5) is 26.0. The summed E-state index contributed by atoms with van der Waals surface area (Å²) in [6.45, 7) is 13.2. The molecule has 0 bridgehead atoms. The number of anilines is 1. The first kappa shape index (κ1) is 19.3. The lowest BCUT2D eigenvalue weighted by atomic mass is 10.0. The minimum Gasteiger partial charge on any atom is -0.353 e. The van der Waals surface area contributed by atoms with Crippen LogP contribution in [0.5, 0.6) is 0 Å². The maximum absolute atomic E-state index is 12.3. The van der Waals surface area contributed by atoms with Crippen molar-refractivity contribution in [3.05, 3.63) is 52.5 Å². The summed E-state index contributed by atoms with van der Waals surface area (Å²) in [5.41, 5.74) is 4.77. The Morgan fingerprint density at radius 3 is 2.41 bits per heavy atom. The van der Waals surface area contributed by atoms with Crippen LogP contribution in [0.1, 0.15) is 42.1 Å². The highest BCUT2D eigenvalue weighted by atomic mass is 16.2. The lowest BCUT2D eigenvalue weighted by Gasteiger charge is -2.37. The van der Waals surface area contributed by atoms with Gasteiger partial charge >= 0.3 is 0 Å². The quantitative estimate of drug-likeness (QED) is 0.833. The van der Waals surface area contributed by atoms with Gasteiger partial charge in [-0.1, -0.05) is 43.7 Å². The van der Waals surface area contributed by atoms with Crippen molar-refractivity contribution < 1.29 is 4.79 Å². The van der Waals surface area contributed by atoms with Gasteiger partial charge in [-0.3, -0.25) is 4.79 Å². The molecule has 0 unspecified atom stereocenters. The number of amides is 1. The largest absolute Gasteiger partial charge is 0.353 e. The molecule has 0 aliphatic carbocycles. The Hall–Kier alpha value is -2.43. The molecular weight excluding hydrogens is 336 g/mol. The van der Waals surface area contributed by atoms with Crippen molar-refractivity contribution >= 4 is 11.7 Å². The molecule has 0 atom stereocenters. The number of aromatic nitrogens is 2. The minimum absolute atomic E-state index is 0.0528. The van der Waals surface area contributed by atoms with Crippen LogP contribution in [0.4, 0.5) is 5.82 Å². The molecule has 1 saturated heterocycles. The molecule has 5 heteroatoms. The lowest BCUT2D eigenvalue weighted by molar-refractivity contribution is -0.134. The maximum atomic E-state index is 12.3. The third-order valence-corrected chi connectivity index (χ3v) is 5.15. The molecule has 1 fully saturated rings. The zero-order chi connectivity index (χ0) is 19.6. The van der Waals surface area contributed by atoms with Crippen molar-refractivity contribution in [2.75, 3.05) is 31.1 Å². The highest BCUT2D eigenvalue weighted by Gasteiger charge is 2.25. The average molecular weight is 367 g/mol.